The Bertz CT molecular complexity index is 539. The van der Waals surface area contributed by atoms with Gasteiger partial charge in [0, 0.05) is 23.7 Å². The molecule has 0 aliphatic rings. The lowest BCUT2D eigenvalue weighted by Gasteiger charge is -2.03. The molecule has 4 nitrogen and oxygen atoms in total. The summed E-state index contributed by atoms with van der Waals surface area (Å²) in [7, 11) is 0. The maximum absolute atomic E-state index is 12.8. The number of hydrogen-bond donors (Lipinski definition) is 1. The first-order valence-electron chi connectivity index (χ1n) is 5.64. The highest BCUT2D eigenvalue weighted by atomic mass is 19.1. The van der Waals surface area contributed by atoms with Crippen molar-refractivity contribution in [2.45, 2.75) is 6.17 Å². The molecule has 18 heavy (non-hydrogen) atoms. The average Bonchev–Trinajstić information content (AvgIpc) is 2.43. The van der Waals surface area contributed by atoms with Crippen LogP contribution < -0.4 is 5.73 Å². The molecule has 1 atom stereocenters. The zero-order chi connectivity index (χ0) is 12.8. The second-order valence-corrected chi connectivity index (χ2v) is 3.78. The number of nitrogens with zero attached hydrogens (tertiary/aromatic N) is 2. The van der Waals surface area contributed by atoms with Crippen LogP contribution in [0.4, 0.5) is 4.39 Å². The molecule has 0 spiro atoms. The molecule has 2 N–H and O–H groups in total. The lowest BCUT2D eigenvalue weighted by molar-refractivity contribution is 0.0910. The van der Waals surface area contributed by atoms with Crippen molar-refractivity contribution >= 4 is 17.1 Å². The molecule has 0 saturated heterocycles. The Hall–Kier alpha value is -2.01. The molecule has 94 valence electrons. The van der Waals surface area contributed by atoms with Crippen LogP contribution in [0.3, 0.4) is 0 Å². The van der Waals surface area contributed by atoms with Gasteiger partial charge in [0.2, 0.25) is 0 Å². The zero-order valence-electron chi connectivity index (χ0n) is 9.79. The molecule has 1 unspecified atom stereocenters. The fourth-order valence-corrected chi connectivity index (χ4v) is 1.52. The largest absolute Gasteiger partial charge is 0.393 e. The van der Waals surface area contributed by atoms with Crippen molar-refractivity contribution in [2.75, 3.05) is 13.2 Å². The van der Waals surface area contributed by atoms with Gasteiger partial charge in [-0.15, -0.1) is 0 Å². The third-order valence-corrected chi connectivity index (χ3v) is 2.46. The second-order valence-electron chi connectivity index (χ2n) is 3.78. The third kappa shape index (κ3) is 3.01. The zero-order valence-corrected chi connectivity index (χ0v) is 9.79. The standard InChI is InChI=1S/C13H14FN3O/c14-11(7-15)9-18-17-8-10-5-6-16-13-4-2-1-3-12(10)13/h1-6,8,11H,7,9,15H2/b17-8+. The van der Waals surface area contributed by atoms with Gasteiger partial charge in [0.15, 0.2) is 0 Å². The third-order valence-electron chi connectivity index (χ3n) is 2.46. The van der Waals surface area contributed by atoms with Crippen LogP contribution in [0.25, 0.3) is 10.9 Å². The van der Waals surface area contributed by atoms with E-state index >= 15 is 0 Å². The van der Waals surface area contributed by atoms with Gasteiger partial charge in [-0.05, 0) is 12.1 Å². The monoisotopic (exact) mass is 247 g/mol. The molecule has 2 aromatic rings. The summed E-state index contributed by atoms with van der Waals surface area (Å²) in [5.41, 5.74) is 6.88. The summed E-state index contributed by atoms with van der Waals surface area (Å²) in [4.78, 5) is 9.07. The number of pyridine rings is 1. The van der Waals surface area contributed by atoms with E-state index in [-0.39, 0.29) is 13.2 Å². The highest BCUT2D eigenvalue weighted by molar-refractivity contribution is 5.97. The van der Waals surface area contributed by atoms with Crippen LogP contribution in [0.15, 0.2) is 41.7 Å². The number of hydrogen-bond acceptors (Lipinski definition) is 4. The summed E-state index contributed by atoms with van der Waals surface area (Å²) in [6.45, 7) is -0.191. The Morgan fingerprint density at radius 1 is 1.39 bits per heavy atom. The van der Waals surface area contributed by atoms with E-state index in [2.05, 4.69) is 10.1 Å². The summed E-state index contributed by atoms with van der Waals surface area (Å²) in [6.07, 6.45) is 2.06. The van der Waals surface area contributed by atoms with Gasteiger partial charge in [-0.2, -0.15) is 0 Å². The number of aromatic nitrogens is 1. The van der Waals surface area contributed by atoms with Gasteiger partial charge < -0.3 is 10.6 Å². The summed E-state index contributed by atoms with van der Waals surface area (Å²) in [6, 6.07) is 9.53. The van der Waals surface area contributed by atoms with Crippen LogP contribution in [-0.2, 0) is 4.84 Å². The number of alkyl halides is 1. The molecule has 2 rings (SSSR count). The molecular formula is C13H14FN3O. The number of nitrogens with two attached hydrogens (primary N) is 1. The summed E-state index contributed by atoms with van der Waals surface area (Å²) < 4.78 is 12.8. The molecule has 1 aromatic heterocycles. The van der Waals surface area contributed by atoms with Gasteiger partial charge in [-0.3, -0.25) is 4.98 Å². The van der Waals surface area contributed by atoms with Crippen molar-refractivity contribution in [3.63, 3.8) is 0 Å². The topological polar surface area (TPSA) is 60.5 Å². The van der Waals surface area contributed by atoms with Crippen LogP contribution in [0.5, 0.6) is 0 Å². The van der Waals surface area contributed by atoms with E-state index < -0.39 is 6.17 Å². The maximum Gasteiger partial charge on any atom is 0.149 e. The molecule has 0 aliphatic carbocycles. The summed E-state index contributed by atoms with van der Waals surface area (Å²) in [5, 5.41) is 4.71. The minimum absolute atomic E-state index is 0.0618. The van der Waals surface area contributed by atoms with E-state index in [0.29, 0.717) is 0 Å². The van der Waals surface area contributed by atoms with Crippen LogP contribution in [0.2, 0.25) is 0 Å². The van der Waals surface area contributed by atoms with Crippen LogP contribution in [-0.4, -0.2) is 30.5 Å². The fraction of sp³-hybridized carbons (Fsp3) is 0.231. The lowest BCUT2D eigenvalue weighted by Crippen LogP contribution is -2.19. The quantitative estimate of drug-likeness (QED) is 0.648. The number of para-hydroxylation sites is 1. The van der Waals surface area contributed by atoms with Crippen molar-refractivity contribution in [2.24, 2.45) is 10.9 Å². The van der Waals surface area contributed by atoms with Crippen molar-refractivity contribution in [1.82, 2.24) is 4.98 Å². The highest BCUT2D eigenvalue weighted by Gasteiger charge is 2.02. The number of halogens is 1. The molecule has 0 amide bonds. The second kappa shape index (κ2) is 6.07. The van der Waals surface area contributed by atoms with E-state index in [1.807, 2.05) is 30.3 Å². The van der Waals surface area contributed by atoms with Crippen molar-refractivity contribution in [3.8, 4) is 0 Å². The number of oxime groups is 1. The number of fused-ring (bicyclic) bond motifs is 1. The number of rotatable bonds is 5. The first-order valence-corrected chi connectivity index (χ1v) is 5.64. The Morgan fingerprint density at radius 3 is 3.06 bits per heavy atom. The van der Waals surface area contributed by atoms with Crippen molar-refractivity contribution in [1.29, 1.82) is 0 Å². The smallest absolute Gasteiger partial charge is 0.149 e. The van der Waals surface area contributed by atoms with Crippen LogP contribution in [0, 0.1) is 0 Å². The minimum atomic E-state index is -1.18. The molecule has 0 aliphatic heterocycles. The Morgan fingerprint density at radius 2 is 2.22 bits per heavy atom. The Balaban J connectivity index is 2.09. The van der Waals surface area contributed by atoms with E-state index in [1.165, 1.54) is 0 Å². The lowest BCUT2D eigenvalue weighted by atomic mass is 10.1. The van der Waals surface area contributed by atoms with Crippen LogP contribution in [0.1, 0.15) is 5.56 Å². The predicted octanol–water partition coefficient (Wildman–Crippen LogP) is 1.88. The molecule has 0 saturated carbocycles. The van der Waals surface area contributed by atoms with E-state index in [4.69, 9.17) is 10.6 Å². The molecule has 1 heterocycles. The molecule has 0 bridgehead atoms. The highest BCUT2D eigenvalue weighted by Crippen LogP contribution is 2.14. The molecular weight excluding hydrogens is 233 g/mol. The molecule has 0 fully saturated rings. The molecule has 5 heteroatoms. The van der Waals surface area contributed by atoms with E-state index in [9.17, 15) is 4.39 Å². The van der Waals surface area contributed by atoms with Gasteiger partial charge in [-0.1, -0.05) is 23.4 Å². The molecule has 0 radical (unpaired) electrons. The van der Waals surface area contributed by atoms with Gasteiger partial charge in [0.05, 0.1) is 11.7 Å². The van der Waals surface area contributed by atoms with Gasteiger partial charge in [0.25, 0.3) is 0 Å². The van der Waals surface area contributed by atoms with Gasteiger partial charge in [-0.25, -0.2) is 4.39 Å². The maximum atomic E-state index is 12.8. The fourth-order valence-electron chi connectivity index (χ4n) is 1.52. The number of benzene rings is 1. The van der Waals surface area contributed by atoms with Gasteiger partial charge in [0.1, 0.15) is 12.8 Å². The van der Waals surface area contributed by atoms with Crippen LogP contribution >= 0.6 is 0 Å². The first kappa shape index (κ1) is 12.4. The predicted molar refractivity (Wildman–Crippen MR) is 69.2 cm³/mol. The first-order chi connectivity index (χ1) is 8.81. The minimum Gasteiger partial charge on any atom is -0.393 e. The average molecular weight is 247 g/mol. The van der Waals surface area contributed by atoms with Crippen molar-refractivity contribution in [3.05, 3.63) is 42.1 Å². The summed E-state index contributed by atoms with van der Waals surface area (Å²) >= 11 is 0. The Kier molecular flexibility index (Phi) is 4.20. The van der Waals surface area contributed by atoms with E-state index in [1.54, 1.807) is 12.4 Å². The van der Waals surface area contributed by atoms with Gasteiger partial charge >= 0.3 is 0 Å². The van der Waals surface area contributed by atoms with E-state index in [0.717, 1.165) is 16.5 Å². The summed E-state index contributed by atoms with van der Waals surface area (Å²) in [5.74, 6) is 0. The Labute approximate surface area is 104 Å². The molecule has 1 aromatic carbocycles. The normalized spacial score (nSPS) is 13.0. The van der Waals surface area contributed by atoms with Crippen molar-refractivity contribution < 1.29 is 9.23 Å². The SMILES string of the molecule is NCC(F)CO/N=C/c1ccnc2ccccc12.